The van der Waals surface area contributed by atoms with E-state index in [2.05, 4.69) is 0 Å². The molecule has 19 heavy (non-hydrogen) atoms. The van der Waals surface area contributed by atoms with Gasteiger partial charge in [-0.1, -0.05) is 24.3 Å². The number of hydrogen-bond acceptors (Lipinski definition) is 5. The highest BCUT2D eigenvalue weighted by atomic mass is 16.7. The molecule has 5 nitrogen and oxygen atoms in total. The van der Waals surface area contributed by atoms with Crippen molar-refractivity contribution in [1.82, 2.24) is 0 Å². The first-order valence-electron chi connectivity index (χ1n) is 5.66. The van der Waals surface area contributed by atoms with Gasteiger partial charge in [0.1, 0.15) is 0 Å². The van der Waals surface area contributed by atoms with Crippen LogP contribution in [-0.2, 0) is 4.74 Å². The van der Waals surface area contributed by atoms with Crippen LogP contribution in [-0.4, -0.2) is 23.8 Å². The van der Waals surface area contributed by atoms with Crippen molar-refractivity contribution in [3.05, 3.63) is 48.5 Å². The number of phenols is 2. The van der Waals surface area contributed by atoms with Crippen LogP contribution in [0.15, 0.2) is 48.5 Å². The molecule has 0 radical (unpaired) electrons. The van der Waals surface area contributed by atoms with Gasteiger partial charge in [-0.3, -0.25) is 0 Å². The van der Waals surface area contributed by atoms with Crippen molar-refractivity contribution in [3.63, 3.8) is 0 Å². The lowest BCUT2D eigenvalue weighted by Gasteiger charge is -2.10. The molecule has 0 aliphatic heterocycles. The van der Waals surface area contributed by atoms with Gasteiger partial charge in [-0.25, -0.2) is 0 Å². The summed E-state index contributed by atoms with van der Waals surface area (Å²) in [6, 6.07) is 13.2. The molecular weight excluding hydrogens is 248 g/mol. The summed E-state index contributed by atoms with van der Waals surface area (Å²) in [6.45, 7) is -0.129. The molecule has 5 heteroatoms. The van der Waals surface area contributed by atoms with E-state index in [0.717, 1.165) is 0 Å². The van der Waals surface area contributed by atoms with E-state index in [9.17, 15) is 10.2 Å². The first kappa shape index (κ1) is 13.0. The van der Waals surface area contributed by atoms with Crippen LogP contribution in [0.25, 0.3) is 0 Å². The zero-order valence-corrected chi connectivity index (χ0v) is 10.2. The highest BCUT2D eigenvalue weighted by molar-refractivity contribution is 5.38. The molecule has 0 aliphatic rings. The third-order valence-corrected chi connectivity index (χ3v) is 2.33. The van der Waals surface area contributed by atoms with E-state index >= 15 is 0 Å². The third kappa shape index (κ3) is 3.79. The number of para-hydroxylation sites is 4. The predicted octanol–water partition coefficient (Wildman–Crippen LogP) is 2.49. The minimum atomic E-state index is -0.0643. The standard InChI is InChI=1S/C14H14O5/c15-11-5-1-3-7-13(11)18-9-17-10-19-14-8-4-2-6-12(14)16/h1-8,15-16H,9-10H2. The molecule has 2 rings (SSSR count). The quantitative estimate of drug-likeness (QED) is 0.618. The van der Waals surface area contributed by atoms with Crippen LogP contribution in [0.1, 0.15) is 0 Å². The molecule has 2 N–H and O–H groups in total. The maximum atomic E-state index is 9.44. The molecule has 0 unspecified atom stereocenters. The van der Waals surface area contributed by atoms with Gasteiger partial charge in [-0.05, 0) is 24.3 Å². The van der Waals surface area contributed by atoms with Crippen LogP contribution in [0.2, 0.25) is 0 Å². The fourth-order valence-electron chi connectivity index (χ4n) is 1.40. The highest BCUT2D eigenvalue weighted by Crippen LogP contribution is 2.25. The largest absolute Gasteiger partial charge is 0.504 e. The van der Waals surface area contributed by atoms with Gasteiger partial charge >= 0.3 is 0 Å². The lowest BCUT2D eigenvalue weighted by molar-refractivity contribution is -0.0550. The second-order valence-electron chi connectivity index (χ2n) is 3.66. The number of aromatic hydroxyl groups is 2. The summed E-state index contributed by atoms with van der Waals surface area (Å²) in [5.74, 6) is 0.774. The van der Waals surface area contributed by atoms with Gasteiger partial charge in [-0.2, -0.15) is 0 Å². The molecule has 0 heterocycles. The van der Waals surface area contributed by atoms with E-state index in [0.29, 0.717) is 11.5 Å². The number of phenolic OH excluding ortho intramolecular Hbond substituents is 2. The molecule has 0 aliphatic carbocycles. The minimum absolute atomic E-state index is 0.0488. The predicted molar refractivity (Wildman–Crippen MR) is 68.3 cm³/mol. The molecule has 0 saturated heterocycles. The zero-order chi connectivity index (χ0) is 13.5. The Morgan fingerprint density at radius 3 is 1.53 bits per heavy atom. The van der Waals surface area contributed by atoms with Gasteiger partial charge < -0.3 is 24.4 Å². The highest BCUT2D eigenvalue weighted by Gasteiger charge is 2.01. The van der Waals surface area contributed by atoms with Crippen molar-refractivity contribution < 1.29 is 24.4 Å². The first-order valence-corrected chi connectivity index (χ1v) is 5.66. The van der Waals surface area contributed by atoms with Crippen molar-refractivity contribution in [2.45, 2.75) is 0 Å². The first-order chi connectivity index (χ1) is 9.27. The summed E-state index contributed by atoms with van der Waals surface area (Å²) in [7, 11) is 0. The molecule has 0 aromatic heterocycles. The van der Waals surface area contributed by atoms with Crippen LogP contribution in [0, 0.1) is 0 Å². The van der Waals surface area contributed by atoms with Gasteiger partial charge in [0, 0.05) is 0 Å². The molecule has 0 fully saturated rings. The summed E-state index contributed by atoms with van der Waals surface area (Å²) in [6.07, 6.45) is 0. The SMILES string of the molecule is Oc1ccccc1OCOCOc1ccccc1O. The van der Waals surface area contributed by atoms with E-state index in [1.807, 2.05) is 0 Å². The normalized spacial score (nSPS) is 10.1. The van der Waals surface area contributed by atoms with Crippen molar-refractivity contribution in [1.29, 1.82) is 0 Å². The van der Waals surface area contributed by atoms with Crippen molar-refractivity contribution in [2.75, 3.05) is 13.6 Å². The second kappa shape index (κ2) is 6.51. The van der Waals surface area contributed by atoms with Crippen LogP contribution in [0.3, 0.4) is 0 Å². The Bertz CT molecular complexity index is 479. The van der Waals surface area contributed by atoms with Gasteiger partial charge in [-0.15, -0.1) is 0 Å². The van der Waals surface area contributed by atoms with Crippen LogP contribution < -0.4 is 9.47 Å². The van der Waals surface area contributed by atoms with E-state index < -0.39 is 0 Å². The van der Waals surface area contributed by atoms with Crippen molar-refractivity contribution in [2.24, 2.45) is 0 Å². The van der Waals surface area contributed by atoms with Gasteiger partial charge in [0.25, 0.3) is 0 Å². The Balaban J connectivity index is 1.71. The molecule has 0 atom stereocenters. The fourth-order valence-corrected chi connectivity index (χ4v) is 1.40. The molecule has 2 aromatic rings. The fraction of sp³-hybridized carbons (Fsp3) is 0.143. The van der Waals surface area contributed by atoms with E-state index in [1.165, 1.54) is 12.1 Å². The van der Waals surface area contributed by atoms with Crippen molar-refractivity contribution >= 4 is 0 Å². The molecular formula is C14H14O5. The summed E-state index contributed by atoms with van der Waals surface area (Å²) >= 11 is 0. The van der Waals surface area contributed by atoms with Gasteiger partial charge in [0.05, 0.1) is 0 Å². The van der Waals surface area contributed by atoms with E-state index in [-0.39, 0.29) is 25.1 Å². The van der Waals surface area contributed by atoms with Crippen LogP contribution in [0.4, 0.5) is 0 Å². The van der Waals surface area contributed by atoms with Gasteiger partial charge in [0.2, 0.25) is 0 Å². The second-order valence-corrected chi connectivity index (χ2v) is 3.66. The number of hydrogen-bond donors (Lipinski definition) is 2. The summed E-state index contributed by atoms with van der Waals surface area (Å²) < 4.78 is 15.5. The lowest BCUT2D eigenvalue weighted by Crippen LogP contribution is -2.08. The Morgan fingerprint density at radius 2 is 1.11 bits per heavy atom. The topological polar surface area (TPSA) is 68.2 Å². The minimum Gasteiger partial charge on any atom is -0.504 e. The monoisotopic (exact) mass is 262 g/mol. The Hall–Kier alpha value is -2.40. The molecule has 100 valence electrons. The number of rotatable bonds is 6. The Kier molecular flexibility index (Phi) is 4.47. The maximum absolute atomic E-state index is 9.44. The summed E-state index contributed by atoms with van der Waals surface area (Å²) in [5, 5.41) is 18.9. The molecule has 0 bridgehead atoms. The van der Waals surface area contributed by atoms with Crippen molar-refractivity contribution in [3.8, 4) is 23.0 Å². The summed E-state index contributed by atoms with van der Waals surface area (Å²) in [4.78, 5) is 0. The van der Waals surface area contributed by atoms with Gasteiger partial charge in [0.15, 0.2) is 36.6 Å². The Morgan fingerprint density at radius 1 is 0.684 bits per heavy atom. The Labute approximate surface area is 110 Å². The van der Waals surface area contributed by atoms with Crippen LogP contribution in [0.5, 0.6) is 23.0 Å². The average molecular weight is 262 g/mol. The molecule has 0 saturated carbocycles. The zero-order valence-electron chi connectivity index (χ0n) is 10.2. The maximum Gasteiger partial charge on any atom is 0.192 e. The molecule has 2 aromatic carbocycles. The summed E-state index contributed by atoms with van der Waals surface area (Å²) in [5.41, 5.74) is 0. The third-order valence-electron chi connectivity index (χ3n) is 2.33. The van der Waals surface area contributed by atoms with E-state index in [1.54, 1.807) is 36.4 Å². The van der Waals surface area contributed by atoms with Crippen LogP contribution >= 0.6 is 0 Å². The number of benzene rings is 2. The smallest absolute Gasteiger partial charge is 0.192 e. The average Bonchev–Trinajstić information content (AvgIpc) is 2.42. The molecule has 0 amide bonds. The lowest BCUT2D eigenvalue weighted by atomic mass is 10.3. The van der Waals surface area contributed by atoms with E-state index in [4.69, 9.17) is 14.2 Å². The molecule has 0 spiro atoms. The number of ether oxygens (including phenoxy) is 3.